The number of hydrogen-bond donors (Lipinski definition) is 1. The maximum atomic E-state index is 14.5. The maximum Gasteiger partial charge on any atom is 0.407 e. The number of rotatable bonds is 2. The molecule has 2 aliphatic rings. The first-order chi connectivity index (χ1) is 11.8. The van der Waals surface area contributed by atoms with Gasteiger partial charge >= 0.3 is 12.7 Å². The highest BCUT2D eigenvalue weighted by Crippen LogP contribution is 2.40. The molecule has 1 aromatic rings. The van der Waals surface area contributed by atoms with Crippen molar-refractivity contribution in [2.45, 2.75) is 12.7 Å². The third kappa shape index (κ3) is 3.20. The molecule has 1 fully saturated rings. The van der Waals surface area contributed by atoms with E-state index in [-0.39, 0.29) is 42.0 Å². The van der Waals surface area contributed by atoms with E-state index in [0.29, 0.717) is 0 Å². The third-order valence-corrected chi connectivity index (χ3v) is 4.75. The normalized spacial score (nSPS) is 19.9. The van der Waals surface area contributed by atoms with E-state index >= 15 is 0 Å². The summed E-state index contributed by atoms with van der Waals surface area (Å²) in [6, 6.07) is 0.380. The van der Waals surface area contributed by atoms with Gasteiger partial charge in [-0.2, -0.15) is 8.78 Å². The van der Waals surface area contributed by atoms with E-state index < -0.39 is 36.2 Å². The molecule has 0 saturated carbocycles. The Balaban J connectivity index is 1.97. The zero-order valence-corrected chi connectivity index (χ0v) is 14.1. The van der Waals surface area contributed by atoms with Gasteiger partial charge in [-0.3, -0.25) is 4.79 Å². The number of piperazine rings is 1. The molecular weight excluding hydrogens is 413 g/mol. The molecule has 136 valence electrons. The molecule has 1 saturated heterocycles. The fourth-order valence-electron chi connectivity index (χ4n) is 2.84. The summed E-state index contributed by atoms with van der Waals surface area (Å²) in [5.74, 6) is -2.56. The lowest BCUT2D eigenvalue weighted by Gasteiger charge is -2.38. The lowest BCUT2D eigenvalue weighted by molar-refractivity contribution is -0.0506. The summed E-state index contributed by atoms with van der Waals surface area (Å²) in [7, 11) is 0. The maximum absolute atomic E-state index is 14.5. The Hall–Kier alpha value is -2.17. The number of halogens is 4. The molecule has 0 aromatic heterocycles. The standard InChI is InChI=1S/C14H12BrF3N2O5/c15-9-8(25-13(17)18)3-7-11(10(9)16)24-5-6-4-19(14(22)23)1-2-20(6)12(7)21/h3,6,13H,1-2,4-5H2,(H,22,23)/t6-/m1/s1. The molecule has 3 rings (SSSR count). The number of alkyl halides is 2. The predicted molar refractivity (Wildman–Crippen MR) is 80.6 cm³/mol. The molecular formula is C14H12BrF3N2O5. The van der Waals surface area contributed by atoms with Crippen molar-refractivity contribution in [3.63, 3.8) is 0 Å². The minimum absolute atomic E-state index is 0.0121. The Morgan fingerprint density at radius 2 is 2.16 bits per heavy atom. The van der Waals surface area contributed by atoms with E-state index in [1.807, 2.05) is 0 Å². The molecule has 0 bridgehead atoms. The zero-order chi connectivity index (χ0) is 18.3. The number of hydrogen-bond acceptors (Lipinski definition) is 4. The summed E-state index contributed by atoms with van der Waals surface area (Å²) in [5.41, 5.74) is -0.248. The van der Waals surface area contributed by atoms with Crippen LogP contribution in [0.1, 0.15) is 10.4 Å². The van der Waals surface area contributed by atoms with Gasteiger partial charge in [0, 0.05) is 19.6 Å². The number of amides is 2. The Kier molecular flexibility index (Phi) is 4.67. The Labute approximate surface area is 148 Å². The van der Waals surface area contributed by atoms with E-state index in [4.69, 9.17) is 9.84 Å². The molecule has 0 radical (unpaired) electrons. The second kappa shape index (κ2) is 6.62. The lowest BCUT2D eigenvalue weighted by Crippen LogP contribution is -2.57. The Morgan fingerprint density at radius 1 is 1.44 bits per heavy atom. The van der Waals surface area contributed by atoms with Crippen molar-refractivity contribution < 1.29 is 37.3 Å². The SMILES string of the molecule is O=C(O)N1CCN2C(=O)c3cc(OC(F)F)c(Br)c(F)c3OC[C@H]2C1. The Morgan fingerprint density at radius 3 is 2.80 bits per heavy atom. The second-order valence-corrected chi connectivity index (χ2v) is 6.24. The molecule has 0 unspecified atom stereocenters. The summed E-state index contributed by atoms with van der Waals surface area (Å²) < 4.78 is 48.6. The Bertz CT molecular complexity index is 733. The van der Waals surface area contributed by atoms with E-state index in [1.54, 1.807) is 0 Å². The number of ether oxygens (including phenoxy) is 2. The van der Waals surface area contributed by atoms with Crippen molar-refractivity contribution in [1.29, 1.82) is 0 Å². The molecule has 7 nitrogen and oxygen atoms in total. The number of fused-ring (bicyclic) bond motifs is 2. The fourth-order valence-corrected chi connectivity index (χ4v) is 3.23. The van der Waals surface area contributed by atoms with Crippen LogP contribution in [0.15, 0.2) is 10.5 Å². The summed E-state index contributed by atoms with van der Waals surface area (Å²) in [4.78, 5) is 26.3. The summed E-state index contributed by atoms with van der Waals surface area (Å²) in [6.45, 7) is -3.13. The van der Waals surface area contributed by atoms with Crippen molar-refractivity contribution in [2.75, 3.05) is 26.2 Å². The number of benzene rings is 1. The van der Waals surface area contributed by atoms with Crippen molar-refractivity contribution in [1.82, 2.24) is 9.80 Å². The van der Waals surface area contributed by atoms with Crippen LogP contribution >= 0.6 is 15.9 Å². The van der Waals surface area contributed by atoms with Gasteiger partial charge in [-0.05, 0) is 22.0 Å². The topological polar surface area (TPSA) is 79.3 Å². The monoisotopic (exact) mass is 424 g/mol. The van der Waals surface area contributed by atoms with Crippen LogP contribution in [-0.4, -0.2) is 65.8 Å². The van der Waals surface area contributed by atoms with E-state index in [2.05, 4.69) is 20.7 Å². The van der Waals surface area contributed by atoms with Crippen molar-refractivity contribution in [3.8, 4) is 11.5 Å². The van der Waals surface area contributed by atoms with Gasteiger partial charge in [-0.1, -0.05) is 0 Å². The molecule has 1 N–H and O–H groups in total. The fraction of sp³-hybridized carbons (Fsp3) is 0.429. The quantitative estimate of drug-likeness (QED) is 0.788. The highest BCUT2D eigenvalue weighted by molar-refractivity contribution is 9.10. The van der Waals surface area contributed by atoms with Gasteiger partial charge in [-0.25, -0.2) is 9.18 Å². The van der Waals surface area contributed by atoms with E-state index in [9.17, 15) is 22.8 Å². The highest BCUT2D eigenvalue weighted by Gasteiger charge is 2.38. The summed E-state index contributed by atoms with van der Waals surface area (Å²) in [5, 5.41) is 9.07. The largest absolute Gasteiger partial charge is 0.487 e. The molecule has 2 amide bonds. The van der Waals surface area contributed by atoms with Crippen LogP contribution in [0.25, 0.3) is 0 Å². The van der Waals surface area contributed by atoms with Crippen LogP contribution in [0.5, 0.6) is 11.5 Å². The van der Waals surface area contributed by atoms with Crippen LogP contribution in [0.4, 0.5) is 18.0 Å². The van der Waals surface area contributed by atoms with Crippen molar-refractivity contribution in [3.05, 3.63) is 21.9 Å². The number of carboxylic acid groups (broad SMARTS) is 1. The van der Waals surface area contributed by atoms with Crippen LogP contribution < -0.4 is 9.47 Å². The van der Waals surface area contributed by atoms with Gasteiger partial charge in [0.25, 0.3) is 5.91 Å². The predicted octanol–water partition coefficient (Wildman–Crippen LogP) is 2.39. The number of carbonyl (C=O) groups is 2. The van der Waals surface area contributed by atoms with Gasteiger partial charge in [0.15, 0.2) is 11.6 Å². The molecule has 25 heavy (non-hydrogen) atoms. The van der Waals surface area contributed by atoms with Gasteiger partial charge in [0.2, 0.25) is 0 Å². The molecule has 1 atom stereocenters. The molecule has 0 spiro atoms. The van der Waals surface area contributed by atoms with Gasteiger partial charge < -0.3 is 24.4 Å². The van der Waals surface area contributed by atoms with Crippen LogP contribution in [0.2, 0.25) is 0 Å². The van der Waals surface area contributed by atoms with Gasteiger partial charge in [-0.15, -0.1) is 0 Å². The minimum atomic E-state index is -3.19. The second-order valence-electron chi connectivity index (χ2n) is 5.45. The van der Waals surface area contributed by atoms with Gasteiger partial charge in [0.05, 0.1) is 16.1 Å². The molecule has 2 heterocycles. The first kappa shape index (κ1) is 17.6. The number of nitrogens with zero attached hydrogens (tertiary/aromatic N) is 2. The molecule has 2 aliphatic heterocycles. The first-order valence-electron chi connectivity index (χ1n) is 7.18. The molecule has 0 aliphatic carbocycles. The van der Waals surface area contributed by atoms with Crippen molar-refractivity contribution >= 4 is 27.9 Å². The van der Waals surface area contributed by atoms with Crippen LogP contribution in [0.3, 0.4) is 0 Å². The van der Waals surface area contributed by atoms with Crippen LogP contribution in [0, 0.1) is 5.82 Å². The smallest absolute Gasteiger partial charge is 0.407 e. The third-order valence-electron chi connectivity index (χ3n) is 4.01. The average Bonchev–Trinajstić information content (AvgIpc) is 2.69. The van der Waals surface area contributed by atoms with Gasteiger partial charge in [0.1, 0.15) is 12.4 Å². The first-order valence-corrected chi connectivity index (χ1v) is 7.97. The number of carbonyl (C=O) groups excluding carboxylic acids is 1. The highest BCUT2D eigenvalue weighted by atomic mass is 79.9. The van der Waals surface area contributed by atoms with Crippen molar-refractivity contribution in [2.24, 2.45) is 0 Å². The lowest BCUT2D eigenvalue weighted by atomic mass is 10.1. The van der Waals surface area contributed by atoms with Crippen LogP contribution in [-0.2, 0) is 0 Å². The zero-order valence-electron chi connectivity index (χ0n) is 12.5. The minimum Gasteiger partial charge on any atom is -0.487 e. The summed E-state index contributed by atoms with van der Waals surface area (Å²) >= 11 is 2.81. The average molecular weight is 425 g/mol. The van der Waals surface area contributed by atoms with E-state index in [0.717, 1.165) is 11.0 Å². The van der Waals surface area contributed by atoms with E-state index in [1.165, 1.54) is 4.90 Å². The summed E-state index contributed by atoms with van der Waals surface area (Å²) in [6.07, 6.45) is -1.13. The molecule has 1 aromatic carbocycles. The molecule has 11 heteroatoms.